The molecular weight excluding hydrogens is 580 g/mol. The number of para-hydroxylation sites is 1. The maximum atomic E-state index is 6.43. The number of hydrogen-bond acceptors (Lipinski definition) is 7. The van der Waals surface area contributed by atoms with Crippen LogP contribution < -0.4 is 0 Å². The number of furan rings is 1. The van der Waals surface area contributed by atoms with Gasteiger partial charge in [0.15, 0.2) is 28.6 Å². The second-order valence-electron chi connectivity index (χ2n) is 11.2. The molecule has 0 atom stereocenters. The average Bonchev–Trinajstić information content (AvgIpc) is 3.53. The third-order valence-electron chi connectivity index (χ3n) is 8.26. The molecule has 7 nitrogen and oxygen atoms in total. The zero-order valence-corrected chi connectivity index (χ0v) is 24.9. The van der Waals surface area contributed by atoms with Crippen molar-refractivity contribution < 1.29 is 4.42 Å². The molecule has 5 heterocycles. The molecule has 5 aromatic heterocycles. The van der Waals surface area contributed by atoms with Crippen molar-refractivity contribution in [2.75, 3.05) is 0 Å². The molecule has 9 aromatic rings. The van der Waals surface area contributed by atoms with Crippen molar-refractivity contribution in [2.24, 2.45) is 0 Å². The van der Waals surface area contributed by atoms with E-state index in [1.165, 1.54) is 0 Å². The van der Waals surface area contributed by atoms with Gasteiger partial charge in [-0.15, -0.1) is 0 Å². The molecule has 4 aromatic carbocycles. The Kier molecular flexibility index (Phi) is 6.31. The lowest BCUT2D eigenvalue weighted by Crippen LogP contribution is -2.00. The number of aromatic nitrogens is 6. The summed E-state index contributed by atoms with van der Waals surface area (Å²) in [6.07, 6.45) is 5.31. The lowest BCUT2D eigenvalue weighted by Gasteiger charge is -2.11. The Morgan fingerprint density at radius 3 is 1.89 bits per heavy atom. The molecular formula is C40H24N6O. The van der Waals surface area contributed by atoms with E-state index in [9.17, 15) is 0 Å². The van der Waals surface area contributed by atoms with E-state index < -0.39 is 0 Å². The summed E-state index contributed by atoms with van der Waals surface area (Å²) in [5.74, 6) is 1.81. The van der Waals surface area contributed by atoms with Crippen molar-refractivity contribution in [3.63, 3.8) is 0 Å². The van der Waals surface area contributed by atoms with Crippen LogP contribution >= 0.6 is 0 Å². The molecule has 9 rings (SSSR count). The lowest BCUT2D eigenvalue weighted by molar-refractivity contribution is 0.667. The van der Waals surface area contributed by atoms with Gasteiger partial charge in [0.2, 0.25) is 0 Å². The maximum absolute atomic E-state index is 6.43. The summed E-state index contributed by atoms with van der Waals surface area (Å²) in [6.45, 7) is 0. The van der Waals surface area contributed by atoms with Crippen molar-refractivity contribution in [2.45, 2.75) is 0 Å². The molecule has 0 N–H and O–H groups in total. The molecule has 7 heteroatoms. The summed E-state index contributed by atoms with van der Waals surface area (Å²) in [4.78, 5) is 28.9. The molecule has 0 radical (unpaired) electrons. The Morgan fingerprint density at radius 1 is 0.468 bits per heavy atom. The van der Waals surface area contributed by atoms with Gasteiger partial charge in [0, 0.05) is 51.0 Å². The van der Waals surface area contributed by atoms with Crippen LogP contribution in [0.3, 0.4) is 0 Å². The summed E-state index contributed by atoms with van der Waals surface area (Å²) in [7, 11) is 0. The Balaban J connectivity index is 1.26. The molecule has 0 saturated heterocycles. The first-order valence-electron chi connectivity index (χ1n) is 15.3. The van der Waals surface area contributed by atoms with Gasteiger partial charge in [-0.25, -0.2) is 19.9 Å². The first kappa shape index (κ1) is 26.8. The normalized spacial score (nSPS) is 11.4. The summed E-state index contributed by atoms with van der Waals surface area (Å²) >= 11 is 0. The van der Waals surface area contributed by atoms with Gasteiger partial charge in [0.1, 0.15) is 5.52 Å². The Morgan fingerprint density at radius 2 is 1.13 bits per heavy atom. The smallest absolute Gasteiger partial charge is 0.164 e. The predicted molar refractivity (Wildman–Crippen MR) is 185 cm³/mol. The third-order valence-corrected chi connectivity index (χ3v) is 8.26. The number of pyridine rings is 3. The van der Waals surface area contributed by atoms with E-state index in [-0.39, 0.29) is 0 Å². The van der Waals surface area contributed by atoms with Gasteiger partial charge in [-0.3, -0.25) is 9.97 Å². The van der Waals surface area contributed by atoms with Crippen molar-refractivity contribution in [3.8, 4) is 56.5 Å². The lowest BCUT2D eigenvalue weighted by atomic mass is 9.98. The first-order chi connectivity index (χ1) is 23.3. The fourth-order valence-electron chi connectivity index (χ4n) is 6.01. The Labute approximate surface area is 269 Å². The van der Waals surface area contributed by atoms with Gasteiger partial charge in [0.05, 0.1) is 17.4 Å². The fourth-order valence-corrected chi connectivity index (χ4v) is 6.01. The monoisotopic (exact) mass is 604 g/mol. The number of benzene rings is 4. The molecule has 0 aliphatic carbocycles. The minimum atomic E-state index is 0.581. The number of fused-ring (bicyclic) bond motifs is 4. The molecule has 0 amide bonds. The maximum Gasteiger partial charge on any atom is 0.164 e. The highest BCUT2D eigenvalue weighted by Crippen LogP contribution is 2.39. The van der Waals surface area contributed by atoms with Crippen molar-refractivity contribution in [1.82, 2.24) is 29.9 Å². The minimum absolute atomic E-state index is 0.581. The molecule has 0 spiro atoms. The van der Waals surface area contributed by atoms with E-state index in [0.717, 1.165) is 60.9 Å². The molecule has 0 saturated carbocycles. The van der Waals surface area contributed by atoms with Crippen LogP contribution in [0.25, 0.3) is 89.5 Å². The van der Waals surface area contributed by atoms with Gasteiger partial charge < -0.3 is 4.42 Å². The minimum Gasteiger partial charge on any atom is -0.452 e. The quantitative estimate of drug-likeness (QED) is 0.193. The van der Waals surface area contributed by atoms with Crippen LogP contribution in [0.2, 0.25) is 0 Å². The molecule has 0 aliphatic rings. The molecule has 0 aliphatic heterocycles. The van der Waals surface area contributed by atoms with Gasteiger partial charge in [-0.1, -0.05) is 103 Å². The first-order valence-corrected chi connectivity index (χ1v) is 15.3. The van der Waals surface area contributed by atoms with E-state index in [1.54, 1.807) is 12.4 Å². The van der Waals surface area contributed by atoms with Gasteiger partial charge >= 0.3 is 0 Å². The largest absolute Gasteiger partial charge is 0.452 e. The predicted octanol–water partition coefficient (Wildman–Crippen LogP) is 9.44. The van der Waals surface area contributed by atoms with Crippen molar-refractivity contribution >= 4 is 33.0 Å². The number of nitrogens with zero attached hydrogens (tertiary/aromatic N) is 6. The summed E-state index contributed by atoms with van der Waals surface area (Å²) in [5, 5.41) is 1.95. The van der Waals surface area contributed by atoms with Gasteiger partial charge in [0.25, 0.3) is 0 Å². The average molecular weight is 605 g/mol. The molecule has 0 fully saturated rings. The number of rotatable bonds is 5. The van der Waals surface area contributed by atoms with E-state index in [4.69, 9.17) is 29.3 Å². The second-order valence-corrected chi connectivity index (χ2v) is 11.2. The zero-order chi connectivity index (χ0) is 31.2. The molecule has 47 heavy (non-hydrogen) atoms. The Hall–Kier alpha value is -6.60. The van der Waals surface area contributed by atoms with Crippen LogP contribution in [-0.2, 0) is 0 Å². The number of hydrogen-bond donors (Lipinski definition) is 0. The zero-order valence-electron chi connectivity index (χ0n) is 24.9. The van der Waals surface area contributed by atoms with Crippen molar-refractivity contribution in [1.29, 1.82) is 0 Å². The van der Waals surface area contributed by atoms with Crippen LogP contribution in [0.4, 0.5) is 0 Å². The topological polar surface area (TPSA) is 90.5 Å². The standard InChI is InChI=1S/C40H24N6O/c1-3-10-26(11-4-1)38-44-39(27-12-5-2-6-13-27)46-40(45-38)29-16-7-15-28(22-29)32-23-33(30-18-8-14-25-17-9-20-42-35(25)30)43-36-31-19-21-41-24-34(31)47-37(32)36/h1-24H. The third kappa shape index (κ3) is 4.78. The van der Waals surface area contributed by atoms with E-state index in [0.29, 0.717) is 28.6 Å². The van der Waals surface area contributed by atoms with E-state index >= 15 is 0 Å². The SMILES string of the molecule is c1ccc(-c2nc(-c3ccccc3)nc(-c3cccc(-c4cc(-c5cccc6cccnc56)nc5c4oc4cnccc45)c3)n2)cc1. The van der Waals surface area contributed by atoms with Gasteiger partial charge in [-0.05, 0) is 29.8 Å². The summed E-state index contributed by atoms with van der Waals surface area (Å²) < 4.78 is 6.43. The highest BCUT2D eigenvalue weighted by Gasteiger charge is 2.19. The van der Waals surface area contributed by atoms with Crippen LogP contribution in [0.15, 0.2) is 150 Å². The van der Waals surface area contributed by atoms with Crippen LogP contribution in [0, 0.1) is 0 Å². The van der Waals surface area contributed by atoms with Crippen LogP contribution in [0.5, 0.6) is 0 Å². The summed E-state index contributed by atoms with van der Waals surface area (Å²) in [6, 6.07) is 42.4. The Bertz CT molecular complexity index is 2520. The molecule has 0 bridgehead atoms. The fraction of sp³-hybridized carbons (Fsp3) is 0. The van der Waals surface area contributed by atoms with Crippen LogP contribution in [0.1, 0.15) is 0 Å². The highest BCUT2D eigenvalue weighted by molar-refractivity contribution is 6.09. The van der Waals surface area contributed by atoms with E-state index in [1.807, 2.05) is 97.2 Å². The highest BCUT2D eigenvalue weighted by atomic mass is 16.3. The summed E-state index contributed by atoms with van der Waals surface area (Å²) in [5.41, 5.74) is 9.32. The second kappa shape index (κ2) is 11.1. The van der Waals surface area contributed by atoms with Crippen molar-refractivity contribution in [3.05, 3.63) is 146 Å². The van der Waals surface area contributed by atoms with Gasteiger partial charge in [-0.2, -0.15) is 0 Å². The van der Waals surface area contributed by atoms with Crippen LogP contribution in [-0.4, -0.2) is 29.9 Å². The molecule has 0 unspecified atom stereocenters. The molecule has 220 valence electrons. The van der Waals surface area contributed by atoms with E-state index in [2.05, 4.69) is 41.4 Å².